The Bertz CT molecular complexity index is 1310. The lowest BCUT2D eigenvalue weighted by Gasteiger charge is -2.47. The number of nitriles is 1. The van der Waals surface area contributed by atoms with Gasteiger partial charge in [-0.05, 0) is 88.9 Å². The summed E-state index contributed by atoms with van der Waals surface area (Å²) in [5.41, 5.74) is 4.21. The first-order valence-corrected chi connectivity index (χ1v) is 14.4. The number of fused-ring (bicyclic) bond motifs is 1. The maximum absolute atomic E-state index is 13.0. The number of anilines is 3. The van der Waals surface area contributed by atoms with Crippen LogP contribution in [0.5, 0.6) is 0 Å². The van der Waals surface area contributed by atoms with Crippen LogP contribution in [0.1, 0.15) is 71.6 Å². The average Bonchev–Trinajstić information content (AvgIpc) is 3.74. The Hall–Kier alpha value is -3.73. The topological polar surface area (TPSA) is 88.9 Å². The van der Waals surface area contributed by atoms with Crippen molar-refractivity contribution < 1.29 is 14.3 Å². The van der Waals surface area contributed by atoms with Gasteiger partial charge in [-0.15, -0.1) is 0 Å². The molecule has 4 atom stereocenters. The summed E-state index contributed by atoms with van der Waals surface area (Å²) in [5, 5.41) is 13.0. The van der Waals surface area contributed by atoms with Gasteiger partial charge in [0.05, 0.1) is 17.7 Å². The highest BCUT2D eigenvalue weighted by atomic mass is 16.6. The van der Waals surface area contributed by atoms with Gasteiger partial charge >= 0.3 is 6.09 Å². The lowest BCUT2D eigenvalue weighted by atomic mass is 9.79. The van der Waals surface area contributed by atoms with Crippen molar-refractivity contribution in [3.8, 4) is 6.07 Å². The van der Waals surface area contributed by atoms with Crippen LogP contribution in [0, 0.1) is 23.2 Å². The predicted molar refractivity (Wildman–Crippen MR) is 157 cm³/mol. The number of hydrogen-bond donors (Lipinski definition) is 1. The molecule has 0 bridgehead atoms. The summed E-state index contributed by atoms with van der Waals surface area (Å²) >= 11 is 0. The van der Waals surface area contributed by atoms with Crippen LogP contribution in [0.2, 0.25) is 0 Å². The SMILES string of the molecule is CC(=O)N1c2ccc(N3CCN(C(=O)OC(C)(C)C)[C@H](C)C3)cc2C(Nc2ccc(C#N)cc2)[C@@H](C)C1C1CC1. The number of nitrogens with zero attached hydrogens (tertiary/aromatic N) is 4. The monoisotopic (exact) mass is 543 g/mol. The molecule has 2 aromatic carbocycles. The Morgan fingerprint density at radius 3 is 2.33 bits per heavy atom. The molecule has 8 heteroatoms. The van der Waals surface area contributed by atoms with Crippen LogP contribution in [0.3, 0.4) is 0 Å². The van der Waals surface area contributed by atoms with Gasteiger partial charge in [0.2, 0.25) is 5.91 Å². The number of ether oxygens (including phenoxy) is 1. The molecule has 5 rings (SSSR count). The van der Waals surface area contributed by atoms with Gasteiger partial charge in [-0.1, -0.05) is 6.92 Å². The van der Waals surface area contributed by atoms with Crippen LogP contribution >= 0.6 is 0 Å². The Labute approximate surface area is 237 Å². The molecule has 2 aromatic rings. The quantitative estimate of drug-likeness (QED) is 0.514. The lowest BCUT2D eigenvalue weighted by Crippen LogP contribution is -2.55. The van der Waals surface area contributed by atoms with Crippen LogP contribution in [0.15, 0.2) is 42.5 Å². The summed E-state index contributed by atoms with van der Waals surface area (Å²) in [6.45, 7) is 13.6. The molecule has 2 amide bonds. The van der Waals surface area contributed by atoms with Crippen molar-refractivity contribution in [2.75, 3.05) is 34.8 Å². The summed E-state index contributed by atoms with van der Waals surface area (Å²) in [5.74, 6) is 0.783. The molecule has 0 spiro atoms. The maximum Gasteiger partial charge on any atom is 0.410 e. The van der Waals surface area contributed by atoms with E-state index in [0.29, 0.717) is 31.1 Å². The molecule has 2 heterocycles. The molecular weight excluding hydrogens is 502 g/mol. The highest BCUT2D eigenvalue weighted by Gasteiger charge is 2.47. The van der Waals surface area contributed by atoms with E-state index in [1.165, 1.54) is 0 Å². The molecule has 1 aliphatic carbocycles. The van der Waals surface area contributed by atoms with Crippen molar-refractivity contribution >= 4 is 29.1 Å². The van der Waals surface area contributed by atoms with Gasteiger partial charge in [0.1, 0.15) is 5.60 Å². The molecule has 0 radical (unpaired) electrons. The normalized spacial score (nSPS) is 24.7. The zero-order chi connectivity index (χ0) is 28.8. The van der Waals surface area contributed by atoms with Crippen LogP contribution < -0.4 is 15.1 Å². The number of carbonyl (C=O) groups is 2. The Morgan fingerprint density at radius 2 is 1.75 bits per heavy atom. The van der Waals surface area contributed by atoms with E-state index in [4.69, 9.17) is 4.74 Å². The van der Waals surface area contributed by atoms with Crippen LogP contribution in [-0.2, 0) is 9.53 Å². The Morgan fingerprint density at radius 1 is 1.05 bits per heavy atom. The highest BCUT2D eigenvalue weighted by Crippen LogP contribution is 2.50. The number of nitrogens with one attached hydrogen (secondary N) is 1. The Balaban J connectivity index is 1.45. The first kappa shape index (κ1) is 27.8. The third-order valence-corrected chi connectivity index (χ3v) is 8.37. The molecule has 0 aromatic heterocycles. The van der Waals surface area contributed by atoms with E-state index in [2.05, 4.69) is 48.3 Å². The van der Waals surface area contributed by atoms with Gasteiger partial charge < -0.3 is 24.8 Å². The summed E-state index contributed by atoms with van der Waals surface area (Å²) in [6.07, 6.45) is 2.03. The second-order valence-corrected chi connectivity index (χ2v) is 12.6. The van der Waals surface area contributed by atoms with E-state index in [1.54, 1.807) is 6.92 Å². The maximum atomic E-state index is 13.0. The molecule has 1 saturated heterocycles. The van der Waals surface area contributed by atoms with Crippen LogP contribution in [-0.4, -0.2) is 54.2 Å². The van der Waals surface area contributed by atoms with Gasteiger partial charge in [0, 0.05) is 67.2 Å². The molecule has 212 valence electrons. The minimum absolute atomic E-state index is 0.000841. The molecular formula is C32H41N5O3. The summed E-state index contributed by atoms with van der Waals surface area (Å²) in [7, 11) is 0. The van der Waals surface area contributed by atoms with Crippen LogP contribution in [0.25, 0.3) is 0 Å². The van der Waals surface area contributed by atoms with E-state index in [9.17, 15) is 14.9 Å². The van der Waals surface area contributed by atoms with E-state index in [0.717, 1.165) is 35.5 Å². The summed E-state index contributed by atoms with van der Waals surface area (Å²) < 4.78 is 5.63. The van der Waals surface area contributed by atoms with Crippen molar-refractivity contribution in [3.05, 3.63) is 53.6 Å². The number of benzene rings is 2. The number of hydrogen-bond acceptors (Lipinski definition) is 6. The highest BCUT2D eigenvalue weighted by molar-refractivity contribution is 5.94. The van der Waals surface area contributed by atoms with Crippen molar-refractivity contribution in [3.63, 3.8) is 0 Å². The molecule has 3 aliphatic rings. The van der Waals surface area contributed by atoms with Crippen molar-refractivity contribution in [2.24, 2.45) is 11.8 Å². The average molecular weight is 544 g/mol. The molecule has 2 unspecified atom stereocenters. The molecule has 1 N–H and O–H groups in total. The van der Waals surface area contributed by atoms with Crippen molar-refractivity contribution in [1.82, 2.24) is 4.90 Å². The minimum Gasteiger partial charge on any atom is -0.444 e. The fourth-order valence-corrected chi connectivity index (χ4v) is 6.35. The van der Waals surface area contributed by atoms with Crippen LogP contribution in [0.4, 0.5) is 21.9 Å². The second kappa shape index (κ2) is 10.7. The zero-order valence-electron chi connectivity index (χ0n) is 24.5. The van der Waals surface area contributed by atoms with Crippen molar-refractivity contribution in [1.29, 1.82) is 5.26 Å². The third-order valence-electron chi connectivity index (χ3n) is 8.37. The number of rotatable bonds is 4. The number of carbonyl (C=O) groups excluding carboxylic acids is 2. The minimum atomic E-state index is -0.527. The molecule has 2 fully saturated rings. The van der Waals surface area contributed by atoms with Gasteiger partial charge in [0.15, 0.2) is 0 Å². The lowest BCUT2D eigenvalue weighted by molar-refractivity contribution is -0.117. The smallest absolute Gasteiger partial charge is 0.410 e. The molecule has 1 saturated carbocycles. The second-order valence-electron chi connectivity index (χ2n) is 12.6. The van der Waals surface area contributed by atoms with Gasteiger partial charge in [-0.3, -0.25) is 4.79 Å². The predicted octanol–water partition coefficient (Wildman–Crippen LogP) is 5.94. The van der Waals surface area contributed by atoms with E-state index in [-0.39, 0.29) is 36.0 Å². The van der Waals surface area contributed by atoms with Gasteiger partial charge in [-0.25, -0.2) is 4.79 Å². The van der Waals surface area contributed by atoms with Crippen molar-refractivity contribution in [2.45, 2.75) is 78.1 Å². The van der Waals surface area contributed by atoms with E-state index >= 15 is 0 Å². The zero-order valence-corrected chi connectivity index (χ0v) is 24.5. The Kier molecular flexibility index (Phi) is 7.43. The standard InChI is InChI=1S/C32H41N5O3/c1-20-19-35(15-16-36(20)31(39)40-32(4,5)6)26-13-14-28-27(17-26)29(34-25-11-7-23(18-33)8-12-25)21(2)30(24-9-10-24)37(28)22(3)38/h7-8,11-14,17,20-21,24,29-30,34H,9-10,15-16,19H2,1-6H3/t20-,21-,29?,30?/m1/s1. The van der Waals surface area contributed by atoms with Gasteiger partial charge in [-0.2, -0.15) is 5.26 Å². The fourth-order valence-electron chi connectivity index (χ4n) is 6.35. The summed E-state index contributed by atoms with van der Waals surface area (Å²) in [4.78, 5) is 32.0. The van der Waals surface area contributed by atoms with Gasteiger partial charge in [0.25, 0.3) is 0 Å². The molecule has 2 aliphatic heterocycles. The third kappa shape index (κ3) is 5.60. The molecule has 8 nitrogen and oxygen atoms in total. The number of piperazine rings is 1. The van der Waals surface area contributed by atoms with E-state index < -0.39 is 5.60 Å². The first-order chi connectivity index (χ1) is 19.0. The largest absolute Gasteiger partial charge is 0.444 e. The fraction of sp³-hybridized carbons (Fsp3) is 0.531. The number of amides is 2. The molecule has 40 heavy (non-hydrogen) atoms. The summed E-state index contributed by atoms with van der Waals surface area (Å²) in [6, 6.07) is 16.3. The van der Waals surface area contributed by atoms with E-state index in [1.807, 2.05) is 54.8 Å². The first-order valence-electron chi connectivity index (χ1n) is 14.4.